The van der Waals surface area contributed by atoms with Crippen molar-refractivity contribution in [2.24, 2.45) is 0 Å². The van der Waals surface area contributed by atoms with Crippen molar-refractivity contribution in [2.45, 2.75) is 64.1 Å². The van der Waals surface area contributed by atoms with Crippen LogP contribution in [-0.4, -0.2) is 47.4 Å². The van der Waals surface area contributed by atoms with E-state index in [1.807, 2.05) is 5.06 Å². The largest absolute Gasteiger partial charge is 0.458 e. The highest BCUT2D eigenvalue weighted by molar-refractivity contribution is 5.82. The Labute approximate surface area is 144 Å². The lowest BCUT2D eigenvalue weighted by Crippen LogP contribution is -2.58. The van der Waals surface area contributed by atoms with Gasteiger partial charge in [-0.3, -0.25) is 4.84 Å². The zero-order valence-corrected chi connectivity index (χ0v) is 15.2. The third-order valence-corrected chi connectivity index (χ3v) is 4.09. The number of nitrogens with zero attached hydrogens (tertiary/aromatic N) is 1. The van der Waals surface area contributed by atoms with Crippen molar-refractivity contribution in [3.05, 3.63) is 25.3 Å². The van der Waals surface area contributed by atoms with Gasteiger partial charge in [-0.1, -0.05) is 13.2 Å². The second-order valence-electron chi connectivity index (χ2n) is 7.17. The van der Waals surface area contributed by atoms with Crippen LogP contribution in [-0.2, 0) is 23.9 Å². The average Bonchev–Trinajstić information content (AvgIpc) is 2.49. The predicted octanol–water partition coefficient (Wildman–Crippen LogP) is 2.79. The maximum atomic E-state index is 11.5. The molecule has 0 N–H and O–H groups in total. The Hall–Kier alpha value is -1.66. The molecule has 0 aromatic carbocycles. The molecule has 1 fully saturated rings. The fraction of sp³-hybridized carbons (Fsp3) is 0.667. The first-order valence-corrected chi connectivity index (χ1v) is 8.18. The van der Waals surface area contributed by atoms with E-state index in [0.29, 0.717) is 0 Å². The van der Waals surface area contributed by atoms with E-state index in [1.54, 1.807) is 0 Å². The summed E-state index contributed by atoms with van der Waals surface area (Å²) in [6.45, 7) is 15.2. The molecule has 1 saturated heterocycles. The van der Waals surface area contributed by atoms with Crippen molar-refractivity contribution in [1.29, 1.82) is 0 Å². The molecule has 0 aromatic heterocycles. The third kappa shape index (κ3) is 5.76. The van der Waals surface area contributed by atoms with Gasteiger partial charge in [-0.05, 0) is 47.0 Å². The molecule has 0 saturated carbocycles. The highest BCUT2D eigenvalue weighted by atomic mass is 16.7. The first-order valence-electron chi connectivity index (χ1n) is 8.18. The summed E-state index contributed by atoms with van der Waals surface area (Å²) in [4.78, 5) is 28.7. The highest BCUT2D eigenvalue weighted by Crippen LogP contribution is 2.38. The van der Waals surface area contributed by atoms with Gasteiger partial charge in [0, 0.05) is 23.2 Å². The summed E-state index contributed by atoms with van der Waals surface area (Å²) in [6, 6.07) is 0. The van der Waals surface area contributed by atoms with Gasteiger partial charge in [0.15, 0.2) is 6.10 Å². The molecule has 136 valence electrons. The number of esters is 2. The molecule has 24 heavy (non-hydrogen) atoms. The van der Waals surface area contributed by atoms with Crippen LogP contribution in [0.5, 0.6) is 0 Å². The van der Waals surface area contributed by atoms with Gasteiger partial charge in [-0.2, -0.15) is 5.06 Å². The van der Waals surface area contributed by atoms with Crippen molar-refractivity contribution in [3.8, 4) is 0 Å². The maximum absolute atomic E-state index is 11.5. The SMILES string of the molecule is C=CC(=O)OCC(CON1C(C)(C)CCCC1(C)C)OC(=O)C=C. The monoisotopic (exact) mass is 339 g/mol. The molecule has 0 aliphatic carbocycles. The topological polar surface area (TPSA) is 65.1 Å². The van der Waals surface area contributed by atoms with Crippen LogP contribution >= 0.6 is 0 Å². The fourth-order valence-electron chi connectivity index (χ4n) is 3.05. The second kappa shape index (κ2) is 8.44. The Bertz CT molecular complexity index is 468. The van der Waals surface area contributed by atoms with E-state index in [4.69, 9.17) is 14.3 Å². The van der Waals surface area contributed by atoms with Crippen LogP contribution < -0.4 is 0 Å². The van der Waals surface area contributed by atoms with Crippen LogP contribution in [0.1, 0.15) is 47.0 Å². The van der Waals surface area contributed by atoms with Crippen LogP contribution in [0, 0.1) is 0 Å². The van der Waals surface area contributed by atoms with E-state index in [-0.39, 0.29) is 24.3 Å². The summed E-state index contributed by atoms with van der Waals surface area (Å²) in [5.41, 5.74) is -0.265. The highest BCUT2D eigenvalue weighted by Gasteiger charge is 2.42. The number of hydrogen-bond acceptors (Lipinski definition) is 6. The van der Waals surface area contributed by atoms with E-state index in [9.17, 15) is 9.59 Å². The van der Waals surface area contributed by atoms with Gasteiger partial charge in [-0.15, -0.1) is 0 Å². The van der Waals surface area contributed by atoms with Gasteiger partial charge in [0.1, 0.15) is 13.2 Å². The van der Waals surface area contributed by atoms with Crippen molar-refractivity contribution < 1.29 is 23.9 Å². The van der Waals surface area contributed by atoms with Crippen molar-refractivity contribution in [2.75, 3.05) is 13.2 Å². The first kappa shape index (κ1) is 20.4. The Morgan fingerprint density at radius 2 is 1.58 bits per heavy atom. The normalized spacial score (nSPS) is 20.7. The van der Waals surface area contributed by atoms with E-state index >= 15 is 0 Å². The number of hydrogen-bond donors (Lipinski definition) is 0. The lowest BCUT2D eigenvalue weighted by Gasteiger charge is -2.51. The predicted molar refractivity (Wildman–Crippen MR) is 91.0 cm³/mol. The van der Waals surface area contributed by atoms with Gasteiger partial charge >= 0.3 is 11.9 Å². The number of hydroxylamine groups is 2. The van der Waals surface area contributed by atoms with Gasteiger partial charge in [0.05, 0.1) is 0 Å². The van der Waals surface area contributed by atoms with Crippen LogP contribution in [0.15, 0.2) is 25.3 Å². The molecular formula is C18H29NO5. The number of carbonyl (C=O) groups excluding carboxylic acids is 2. The zero-order valence-electron chi connectivity index (χ0n) is 15.2. The second-order valence-corrected chi connectivity index (χ2v) is 7.17. The molecule has 1 unspecified atom stereocenters. The molecule has 0 aromatic rings. The molecule has 1 atom stereocenters. The Morgan fingerprint density at radius 3 is 2.08 bits per heavy atom. The lowest BCUT2D eigenvalue weighted by molar-refractivity contribution is -0.291. The Morgan fingerprint density at radius 1 is 1.04 bits per heavy atom. The maximum Gasteiger partial charge on any atom is 0.330 e. The molecule has 1 aliphatic rings. The minimum Gasteiger partial charge on any atom is -0.458 e. The molecule has 6 nitrogen and oxygen atoms in total. The van der Waals surface area contributed by atoms with Crippen LogP contribution in [0.25, 0.3) is 0 Å². The van der Waals surface area contributed by atoms with Crippen LogP contribution in [0.4, 0.5) is 0 Å². The minimum absolute atomic E-state index is 0.0941. The van der Waals surface area contributed by atoms with Gasteiger partial charge < -0.3 is 9.47 Å². The zero-order chi connectivity index (χ0) is 18.4. The summed E-state index contributed by atoms with van der Waals surface area (Å²) in [7, 11) is 0. The van der Waals surface area contributed by atoms with Gasteiger partial charge in [-0.25, -0.2) is 9.59 Å². The smallest absolute Gasteiger partial charge is 0.330 e. The number of carbonyl (C=O) groups is 2. The van der Waals surface area contributed by atoms with E-state index in [2.05, 4.69) is 40.9 Å². The summed E-state index contributed by atoms with van der Waals surface area (Å²) >= 11 is 0. The standard InChI is InChI=1S/C18H29NO5/c1-7-15(20)22-12-14(24-16(21)8-2)13-23-19-17(3,4)10-9-11-18(19,5)6/h7-8,14H,1-2,9-13H2,3-6H3. The summed E-state index contributed by atoms with van der Waals surface area (Å²) < 4.78 is 10.2. The first-order chi connectivity index (χ1) is 11.1. The van der Waals surface area contributed by atoms with E-state index < -0.39 is 18.0 Å². The number of ether oxygens (including phenoxy) is 2. The molecule has 1 heterocycles. The van der Waals surface area contributed by atoms with E-state index in [1.165, 1.54) is 0 Å². The van der Waals surface area contributed by atoms with Crippen molar-refractivity contribution in [3.63, 3.8) is 0 Å². The molecule has 0 spiro atoms. The fourth-order valence-corrected chi connectivity index (χ4v) is 3.05. The summed E-state index contributed by atoms with van der Waals surface area (Å²) in [5.74, 6) is -1.16. The average molecular weight is 339 g/mol. The molecule has 0 amide bonds. The summed E-state index contributed by atoms with van der Waals surface area (Å²) in [6.07, 6.45) is 4.57. The molecule has 6 heteroatoms. The van der Waals surface area contributed by atoms with E-state index in [0.717, 1.165) is 31.4 Å². The molecule has 1 aliphatic heterocycles. The lowest BCUT2D eigenvalue weighted by atomic mass is 9.82. The third-order valence-electron chi connectivity index (χ3n) is 4.09. The number of piperidine rings is 1. The quantitative estimate of drug-likeness (QED) is 0.500. The van der Waals surface area contributed by atoms with Gasteiger partial charge in [0.25, 0.3) is 0 Å². The Kier molecular flexibility index (Phi) is 7.17. The molecule has 1 rings (SSSR count). The van der Waals surface area contributed by atoms with Crippen LogP contribution in [0.3, 0.4) is 0 Å². The van der Waals surface area contributed by atoms with Crippen molar-refractivity contribution in [1.82, 2.24) is 5.06 Å². The number of rotatable bonds is 8. The molecular weight excluding hydrogens is 310 g/mol. The van der Waals surface area contributed by atoms with Crippen molar-refractivity contribution >= 4 is 11.9 Å². The summed E-state index contributed by atoms with van der Waals surface area (Å²) in [5, 5.41) is 1.97. The minimum atomic E-state index is -0.715. The van der Waals surface area contributed by atoms with Gasteiger partial charge in [0.2, 0.25) is 0 Å². The Balaban J connectivity index is 2.73. The van der Waals surface area contributed by atoms with Crippen LogP contribution in [0.2, 0.25) is 0 Å². The molecule has 0 radical (unpaired) electrons. The molecule has 0 bridgehead atoms.